The molecule has 8 N–H and O–H groups in total. The number of carbonyl (C=O) groups is 1. The van der Waals surface area contributed by atoms with Gasteiger partial charge in [0.1, 0.15) is 0 Å². The van der Waals surface area contributed by atoms with Gasteiger partial charge >= 0.3 is 6.03 Å². The summed E-state index contributed by atoms with van der Waals surface area (Å²) >= 11 is 0. The first-order valence-corrected chi connectivity index (χ1v) is 12.9. The van der Waals surface area contributed by atoms with E-state index in [1.54, 1.807) is 18.2 Å². The maximum absolute atomic E-state index is 12.6. The number of urea groups is 1. The number of hydrogen-bond acceptors (Lipinski definition) is 7. The second kappa shape index (κ2) is 10.5. The number of benzene rings is 3. The fourth-order valence-corrected chi connectivity index (χ4v) is 4.42. The number of amides is 2. The number of nitrogens with two attached hydrogens (primary N) is 2. The quantitative estimate of drug-likeness (QED) is 0.112. The number of sulfonamides is 2. The minimum absolute atomic E-state index is 0.0314. The largest absolute Gasteiger partial charge is 0.409 e. The molecule has 184 valence electrons. The zero-order valence-corrected chi connectivity index (χ0v) is 19.7. The second-order valence-electron chi connectivity index (χ2n) is 7.18. The molecule has 0 fully saturated rings. The van der Waals surface area contributed by atoms with E-state index in [1.165, 1.54) is 54.6 Å². The third kappa shape index (κ3) is 7.00. The van der Waals surface area contributed by atoms with Crippen LogP contribution in [0.25, 0.3) is 0 Å². The molecule has 2 amide bonds. The van der Waals surface area contributed by atoms with Gasteiger partial charge in [0.05, 0.1) is 9.79 Å². The van der Waals surface area contributed by atoms with Crippen molar-refractivity contribution in [3.63, 3.8) is 0 Å². The highest BCUT2D eigenvalue weighted by molar-refractivity contribution is 7.89. The highest BCUT2D eigenvalue weighted by Crippen LogP contribution is 2.16. The summed E-state index contributed by atoms with van der Waals surface area (Å²) in [5, 5.41) is 21.9. The average Bonchev–Trinajstić information content (AvgIpc) is 2.82. The van der Waals surface area contributed by atoms with E-state index in [0.717, 1.165) is 0 Å². The Balaban J connectivity index is 1.60. The zero-order valence-electron chi connectivity index (χ0n) is 18.0. The van der Waals surface area contributed by atoms with E-state index < -0.39 is 26.1 Å². The third-order valence-electron chi connectivity index (χ3n) is 4.66. The summed E-state index contributed by atoms with van der Waals surface area (Å²) in [5.74, 6) is -0.111. The van der Waals surface area contributed by atoms with E-state index in [-0.39, 0.29) is 22.2 Å². The molecule has 0 heterocycles. The minimum Gasteiger partial charge on any atom is -0.409 e. The lowest BCUT2D eigenvalue weighted by atomic mass is 10.2. The van der Waals surface area contributed by atoms with Crippen molar-refractivity contribution in [1.82, 2.24) is 4.72 Å². The van der Waals surface area contributed by atoms with Gasteiger partial charge in [-0.25, -0.2) is 31.5 Å². The van der Waals surface area contributed by atoms with Crippen LogP contribution in [0.15, 0.2) is 87.7 Å². The molecule has 0 bridgehead atoms. The van der Waals surface area contributed by atoms with Gasteiger partial charge in [0, 0.05) is 23.5 Å². The summed E-state index contributed by atoms with van der Waals surface area (Å²) in [4.78, 5) is 12.1. The van der Waals surface area contributed by atoms with Gasteiger partial charge in [-0.15, -0.1) is 0 Å². The van der Waals surface area contributed by atoms with E-state index in [0.29, 0.717) is 22.5 Å². The molecule has 0 aliphatic heterocycles. The van der Waals surface area contributed by atoms with E-state index in [2.05, 4.69) is 20.5 Å². The molecule has 0 saturated heterocycles. The van der Waals surface area contributed by atoms with Gasteiger partial charge in [-0.2, -0.15) is 0 Å². The number of oxime groups is 1. The lowest BCUT2D eigenvalue weighted by Crippen LogP contribution is -2.23. The molecule has 12 nitrogen and oxygen atoms in total. The fourth-order valence-electron chi connectivity index (χ4n) is 2.88. The predicted octanol–water partition coefficient (Wildman–Crippen LogP) is 1.55. The summed E-state index contributed by atoms with van der Waals surface area (Å²) in [7, 11) is -7.71. The Kier molecular flexibility index (Phi) is 7.71. The van der Waals surface area contributed by atoms with Gasteiger partial charge < -0.3 is 21.6 Å². The van der Waals surface area contributed by atoms with Crippen molar-refractivity contribution in [2.24, 2.45) is 16.0 Å². The van der Waals surface area contributed by atoms with Crippen LogP contribution in [0.2, 0.25) is 0 Å². The van der Waals surface area contributed by atoms with Crippen molar-refractivity contribution in [3.05, 3.63) is 83.9 Å². The Morgan fingerprint density at radius 3 is 2.06 bits per heavy atom. The Morgan fingerprint density at radius 1 is 0.857 bits per heavy atom. The first kappa shape index (κ1) is 25.6. The van der Waals surface area contributed by atoms with Crippen molar-refractivity contribution >= 4 is 43.3 Å². The van der Waals surface area contributed by atoms with Crippen molar-refractivity contribution in [1.29, 1.82) is 0 Å². The van der Waals surface area contributed by atoms with Gasteiger partial charge in [0.2, 0.25) is 20.0 Å². The number of nitrogens with zero attached hydrogens (tertiary/aromatic N) is 1. The monoisotopic (exact) mass is 518 g/mol. The van der Waals surface area contributed by atoms with E-state index in [1.807, 2.05) is 0 Å². The Hall–Kier alpha value is -3.98. The normalized spacial score (nSPS) is 12.2. The van der Waals surface area contributed by atoms with Crippen LogP contribution >= 0.6 is 0 Å². The molecule has 3 rings (SSSR count). The van der Waals surface area contributed by atoms with E-state index >= 15 is 0 Å². The smallest absolute Gasteiger partial charge is 0.323 e. The van der Waals surface area contributed by atoms with Crippen LogP contribution in [0.4, 0.5) is 16.2 Å². The van der Waals surface area contributed by atoms with Crippen LogP contribution < -0.4 is 26.2 Å². The maximum atomic E-state index is 12.6. The zero-order chi connectivity index (χ0) is 25.6. The van der Waals surface area contributed by atoms with Gasteiger partial charge in [-0.05, 0) is 54.1 Å². The molecule has 0 aliphatic carbocycles. The molecule has 0 aliphatic rings. The number of primary sulfonamides is 1. The number of anilines is 2. The number of hydrogen-bond donors (Lipinski definition) is 6. The van der Waals surface area contributed by atoms with Gasteiger partial charge in [-0.3, -0.25) is 0 Å². The van der Waals surface area contributed by atoms with Gasteiger partial charge in [0.25, 0.3) is 0 Å². The molecular weight excluding hydrogens is 496 g/mol. The Morgan fingerprint density at radius 2 is 1.46 bits per heavy atom. The number of carbonyl (C=O) groups excluding carboxylic acids is 1. The van der Waals surface area contributed by atoms with Gasteiger partial charge in [-0.1, -0.05) is 29.4 Å². The lowest BCUT2D eigenvalue weighted by Gasteiger charge is -2.10. The molecule has 3 aromatic carbocycles. The van der Waals surface area contributed by atoms with Crippen LogP contribution in [-0.4, -0.2) is 33.9 Å². The average molecular weight is 519 g/mol. The first-order valence-electron chi connectivity index (χ1n) is 9.85. The molecule has 0 aromatic heterocycles. The predicted molar refractivity (Wildman–Crippen MR) is 130 cm³/mol. The molecular formula is C21H22N6O6S2. The summed E-state index contributed by atoms with van der Waals surface area (Å²) in [6.45, 7) is -0.0692. The van der Waals surface area contributed by atoms with Crippen LogP contribution in [0.3, 0.4) is 0 Å². The van der Waals surface area contributed by atoms with Crippen LogP contribution in [0.1, 0.15) is 11.1 Å². The van der Waals surface area contributed by atoms with Gasteiger partial charge in [0.15, 0.2) is 5.84 Å². The second-order valence-corrected chi connectivity index (χ2v) is 10.5. The Bertz CT molecular complexity index is 1450. The summed E-state index contributed by atoms with van der Waals surface area (Å²) in [6, 6.07) is 16.7. The van der Waals surface area contributed by atoms with Crippen molar-refractivity contribution in [3.8, 4) is 0 Å². The standard InChI is InChI=1S/C21H22N6O6S2/c22-20(27-29)15-2-1-3-17(12-15)26-21(28)25-16-6-10-19(11-7-16)35(32,33)24-13-14-4-8-18(9-5-14)34(23,30)31/h1-12,24,29H,13H2,(H2,22,27)(H2,23,30,31)(H2,25,26,28). The first-order chi connectivity index (χ1) is 16.5. The SMILES string of the molecule is NC(=NO)c1cccc(NC(=O)Nc2ccc(S(=O)(=O)NCc3ccc(S(N)(=O)=O)cc3)cc2)c1. The molecule has 0 saturated carbocycles. The van der Waals surface area contributed by atoms with Crippen molar-refractivity contribution < 1.29 is 26.8 Å². The van der Waals surface area contributed by atoms with Crippen LogP contribution in [0, 0.1) is 0 Å². The summed E-state index contributed by atoms with van der Waals surface area (Å²) in [5.41, 5.74) is 7.21. The van der Waals surface area contributed by atoms with Crippen LogP contribution in [0.5, 0.6) is 0 Å². The van der Waals surface area contributed by atoms with E-state index in [9.17, 15) is 21.6 Å². The molecule has 0 unspecified atom stereocenters. The molecule has 0 spiro atoms. The minimum atomic E-state index is -3.87. The summed E-state index contributed by atoms with van der Waals surface area (Å²) < 4.78 is 50.1. The third-order valence-corrected chi connectivity index (χ3v) is 7.01. The molecule has 35 heavy (non-hydrogen) atoms. The fraction of sp³-hybridized carbons (Fsp3) is 0.0476. The number of rotatable bonds is 8. The van der Waals surface area contributed by atoms with Crippen molar-refractivity contribution in [2.45, 2.75) is 16.3 Å². The molecule has 0 radical (unpaired) electrons. The molecule has 14 heteroatoms. The molecule has 3 aromatic rings. The highest BCUT2D eigenvalue weighted by atomic mass is 32.2. The van der Waals surface area contributed by atoms with Crippen molar-refractivity contribution in [2.75, 3.05) is 10.6 Å². The maximum Gasteiger partial charge on any atom is 0.323 e. The number of nitrogens with one attached hydrogen (secondary N) is 3. The lowest BCUT2D eigenvalue weighted by molar-refractivity contribution is 0.262. The highest BCUT2D eigenvalue weighted by Gasteiger charge is 2.15. The molecule has 0 atom stereocenters. The van der Waals surface area contributed by atoms with E-state index in [4.69, 9.17) is 16.1 Å². The topological polar surface area (TPSA) is 206 Å². The number of amidine groups is 1. The summed E-state index contributed by atoms with van der Waals surface area (Å²) in [6.07, 6.45) is 0. The Labute approximate surface area is 201 Å². The van der Waals surface area contributed by atoms with Crippen LogP contribution in [-0.2, 0) is 26.6 Å².